The van der Waals surface area contributed by atoms with Crippen LogP contribution in [0.1, 0.15) is 25.7 Å². The Labute approximate surface area is 94.8 Å². The van der Waals surface area contributed by atoms with E-state index in [1.54, 1.807) is 0 Å². The molecule has 90 valence electrons. The second kappa shape index (κ2) is 4.82. The van der Waals surface area contributed by atoms with E-state index in [1.807, 2.05) is 0 Å². The van der Waals surface area contributed by atoms with Gasteiger partial charge >= 0.3 is 5.97 Å². The second-order valence-electron chi connectivity index (χ2n) is 4.76. The van der Waals surface area contributed by atoms with Gasteiger partial charge in [0.1, 0.15) is 6.42 Å². The number of carbonyl (C=O) groups excluding carboxylic acids is 1. The van der Waals surface area contributed by atoms with Crippen molar-refractivity contribution < 1.29 is 14.7 Å². The van der Waals surface area contributed by atoms with E-state index in [9.17, 15) is 9.59 Å². The molecule has 1 aliphatic carbocycles. The molecule has 2 aliphatic rings. The highest BCUT2D eigenvalue weighted by Crippen LogP contribution is 2.31. The SMILES string of the molecule is O=C(O)CC(=O)NCC1CCN(C2CC2)C1. The first-order valence-electron chi connectivity index (χ1n) is 5.87. The van der Waals surface area contributed by atoms with Gasteiger partial charge in [-0.3, -0.25) is 9.59 Å². The van der Waals surface area contributed by atoms with Gasteiger partial charge in [-0.05, 0) is 31.7 Å². The summed E-state index contributed by atoms with van der Waals surface area (Å²) in [6.07, 6.45) is 3.33. The van der Waals surface area contributed by atoms with Gasteiger partial charge in [-0.15, -0.1) is 0 Å². The maximum Gasteiger partial charge on any atom is 0.312 e. The quantitative estimate of drug-likeness (QED) is 0.650. The molecule has 0 spiro atoms. The Morgan fingerprint density at radius 2 is 2.06 bits per heavy atom. The lowest BCUT2D eigenvalue weighted by molar-refractivity contribution is -0.140. The molecule has 2 N–H and O–H groups in total. The van der Waals surface area contributed by atoms with E-state index in [4.69, 9.17) is 5.11 Å². The molecule has 0 aromatic rings. The zero-order valence-electron chi connectivity index (χ0n) is 9.32. The standard InChI is InChI=1S/C11H18N2O3/c14-10(5-11(15)16)12-6-8-3-4-13(7-8)9-1-2-9/h8-9H,1-7H2,(H,12,14)(H,15,16). The number of likely N-dealkylation sites (tertiary alicyclic amines) is 1. The molecule has 1 atom stereocenters. The van der Waals surface area contributed by atoms with Gasteiger partial charge in [-0.1, -0.05) is 0 Å². The highest BCUT2D eigenvalue weighted by Gasteiger charge is 2.34. The summed E-state index contributed by atoms with van der Waals surface area (Å²) in [5, 5.41) is 11.1. The highest BCUT2D eigenvalue weighted by molar-refractivity contribution is 5.93. The van der Waals surface area contributed by atoms with Crippen LogP contribution in [0.3, 0.4) is 0 Å². The van der Waals surface area contributed by atoms with Crippen LogP contribution in [0.4, 0.5) is 0 Å². The van der Waals surface area contributed by atoms with Gasteiger partial charge in [0.15, 0.2) is 0 Å². The summed E-state index contributed by atoms with van der Waals surface area (Å²) in [6.45, 7) is 2.80. The van der Waals surface area contributed by atoms with Gasteiger partial charge < -0.3 is 15.3 Å². The summed E-state index contributed by atoms with van der Waals surface area (Å²) in [4.78, 5) is 23.9. The van der Waals surface area contributed by atoms with E-state index in [2.05, 4.69) is 10.2 Å². The molecule has 1 saturated heterocycles. The molecular formula is C11H18N2O3. The van der Waals surface area contributed by atoms with E-state index in [-0.39, 0.29) is 5.91 Å². The van der Waals surface area contributed by atoms with Crippen molar-refractivity contribution in [1.29, 1.82) is 0 Å². The third-order valence-corrected chi connectivity index (χ3v) is 3.28. The van der Waals surface area contributed by atoms with Crippen molar-refractivity contribution in [2.24, 2.45) is 5.92 Å². The molecular weight excluding hydrogens is 208 g/mol. The fourth-order valence-electron chi connectivity index (χ4n) is 2.26. The van der Waals surface area contributed by atoms with Crippen molar-refractivity contribution in [3.05, 3.63) is 0 Å². The van der Waals surface area contributed by atoms with E-state index >= 15 is 0 Å². The predicted octanol–water partition coefficient (Wildman–Crippen LogP) is 0.0616. The van der Waals surface area contributed by atoms with Crippen LogP contribution in [-0.4, -0.2) is 47.6 Å². The first kappa shape index (κ1) is 11.4. The third-order valence-electron chi connectivity index (χ3n) is 3.28. The zero-order valence-corrected chi connectivity index (χ0v) is 9.32. The monoisotopic (exact) mass is 226 g/mol. The molecule has 5 nitrogen and oxygen atoms in total. The number of carboxylic acid groups (broad SMARTS) is 1. The maximum absolute atomic E-state index is 11.1. The van der Waals surface area contributed by atoms with Gasteiger partial charge in [0.25, 0.3) is 0 Å². The van der Waals surface area contributed by atoms with Gasteiger partial charge in [0.05, 0.1) is 0 Å². The largest absolute Gasteiger partial charge is 0.481 e. The number of aliphatic carboxylic acids is 1. The molecule has 0 aromatic heterocycles. The number of nitrogens with one attached hydrogen (secondary N) is 1. The molecule has 0 radical (unpaired) electrons. The Morgan fingerprint density at radius 1 is 1.31 bits per heavy atom. The average Bonchev–Trinajstić information content (AvgIpc) is 2.94. The lowest BCUT2D eigenvalue weighted by Gasteiger charge is -2.14. The fraction of sp³-hybridized carbons (Fsp3) is 0.818. The number of hydrogen-bond donors (Lipinski definition) is 2. The number of carbonyl (C=O) groups is 2. The van der Waals surface area contributed by atoms with E-state index in [0.29, 0.717) is 12.5 Å². The van der Waals surface area contributed by atoms with Crippen molar-refractivity contribution in [3.8, 4) is 0 Å². The van der Waals surface area contributed by atoms with Crippen LogP contribution in [0.5, 0.6) is 0 Å². The summed E-state index contributed by atoms with van der Waals surface area (Å²) in [6, 6.07) is 0.791. The summed E-state index contributed by atoms with van der Waals surface area (Å²) in [5.74, 6) is -0.945. The smallest absolute Gasteiger partial charge is 0.312 e. The lowest BCUT2D eigenvalue weighted by atomic mass is 10.1. The summed E-state index contributed by atoms with van der Waals surface area (Å²) in [7, 11) is 0. The van der Waals surface area contributed by atoms with Gasteiger partial charge in [0, 0.05) is 19.1 Å². The molecule has 0 aromatic carbocycles. The molecule has 1 saturated carbocycles. The number of hydrogen-bond acceptors (Lipinski definition) is 3. The minimum atomic E-state index is -1.07. The molecule has 2 fully saturated rings. The van der Waals surface area contributed by atoms with Crippen molar-refractivity contribution >= 4 is 11.9 Å². The van der Waals surface area contributed by atoms with Crippen LogP contribution in [0.25, 0.3) is 0 Å². The van der Waals surface area contributed by atoms with Crippen molar-refractivity contribution in [1.82, 2.24) is 10.2 Å². The van der Waals surface area contributed by atoms with E-state index in [1.165, 1.54) is 12.8 Å². The Balaban J connectivity index is 1.63. The molecule has 0 bridgehead atoms. The zero-order chi connectivity index (χ0) is 11.5. The van der Waals surface area contributed by atoms with Crippen molar-refractivity contribution in [2.75, 3.05) is 19.6 Å². The minimum absolute atomic E-state index is 0.377. The molecule has 16 heavy (non-hydrogen) atoms. The number of amides is 1. The second-order valence-corrected chi connectivity index (χ2v) is 4.76. The normalized spacial score (nSPS) is 25.6. The van der Waals surface area contributed by atoms with Crippen molar-refractivity contribution in [3.63, 3.8) is 0 Å². The fourth-order valence-corrected chi connectivity index (χ4v) is 2.26. The Bertz CT molecular complexity index is 289. The Morgan fingerprint density at radius 3 is 2.69 bits per heavy atom. The van der Waals surface area contributed by atoms with E-state index < -0.39 is 12.4 Å². The number of carboxylic acids is 1. The lowest BCUT2D eigenvalue weighted by Crippen LogP contribution is -2.32. The number of nitrogens with zero attached hydrogens (tertiary/aromatic N) is 1. The average molecular weight is 226 g/mol. The van der Waals surface area contributed by atoms with Gasteiger partial charge in [-0.2, -0.15) is 0 Å². The predicted molar refractivity (Wildman–Crippen MR) is 58.0 cm³/mol. The van der Waals surface area contributed by atoms with Crippen LogP contribution in [0.2, 0.25) is 0 Å². The first-order valence-corrected chi connectivity index (χ1v) is 5.87. The summed E-state index contributed by atoms with van der Waals surface area (Å²) in [5.41, 5.74) is 0. The Hall–Kier alpha value is -1.10. The third kappa shape index (κ3) is 3.20. The van der Waals surface area contributed by atoms with Crippen LogP contribution < -0.4 is 5.32 Å². The highest BCUT2D eigenvalue weighted by atomic mass is 16.4. The molecule has 5 heteroatoms. The van der Waals surface area contributed by atoms with Gasteiger partial charge in [0.2, 0.25) is 5.91 Å². The van der Waals surface area contributed by atoms with Gasteiger partial charge in [-0.25, -0.2) is 0 Å². The van der Waals surface area contributed by atoms with Crippen molar-refractivity contribution in [2.45, 2.75) is 31.7 Å². The summed E-state index contributed by atoms with van der Waals surface area (Å²) < 4.78 is 0. The minimum Gasteiger partial charge on any atom is -0.481 e. The van der Waals surface area contributed by atoms with Crippen LogP contribution in [0.15, 0.2) is 0 Å². The molecule has 1 heterocycles. The molecule has 1 aliphatic heterocycles. The maximum atomic E-state index is 11.1. The Kier molecular flexibility index (Phi) is 3.43. The van der Waals surface area contributed by atoms with E-state index in [0.717, 1.165) is 25.6 Å². The topological polar surface area (TPSA) is 69.6 Å². The summed E-state index contributed by atoms with van der Waals surface area (Å²) >= 11 is 0. The number of rotatable bonds is 5. The molecule has 1 unspecified atom stereocenters. The van der Waals surface area contributed by atoms with Crippen LogP contribution in [-0.2, 0) is 9.59 Å². The molecule has 1 amide bonds. The van der Waals surface area contributed by atoms with Crippen LogP contribution in [0, 0.1) is 5.92 Å². The first-order chi connectivity index (χ1) is 7.65. The molecule has 2 rings (SSSR count). The van der Waals surface area contributed by atoms with Crippen LogP contribution >= 0.6 is 0 Å².